The normalized spacial score (nSPS) is 11.0. The molecule has 0 radical (unpaired) electrons. The Bertz CT molecular complexity index is 1550. The van der Waals surface area contributed by atoms with Crippen molar-refractivity contribution in [2.24, 2.45) is 0 Å². The summed E-state index contributed by atoms with van der Waals surface area (Å²) in [5.74, 6) is 0.120. The van der Waals surface area contributed by atoms with Gasteiger partial charge in [-0.2, -0.15) is 0 Å². The number of amides is 1. The summed E-state index contributed by atoms with van der Waals surface area (Å²) in [5, 5.41) is 0. The Morgan fingerprint density at radius 3 is 2.61 bits per heavy atom. The van der Waals surface area contributed by atoms with Gasteiger partial charge < -0.3 is 9.64 Å². The number of carbonyl (C=O) groups excluding carboxylic acids is 1. The van der Waals surface area contributed by atoms with Crippen LogP contribution < -0.4 is 9.64 Å². The fourth-order valence-corrected chi connectivity index (χ4v) is 5.01. The summed E-state index contributed by atoms with van der Waals surface area (Å²) in [6.07, 6.45) is 1.47. The predicted octanol–water partition coefficient (Wildman–Crippen LogP) is 7.05. The van der Waals surface area contributed by atoms with Gasteiger partial charge in [-0.25, -0.2) is 9.37 Å². The molecule has 0 aliphatic carbocycles. The summed E-state index contributed by atoms with van der Waals surface area (Å²) >= 11 is 1.59. The van der Waals surface area contributed by atoms with Crippen molar-refractivity contribution in [1.29, 1.82) is 0 Å². The van der Waals surface area contributed by atoms with Crippen LogP contribution in [-0.4, -0.2) is 22.5 Å². The minimum atomic E-state index is -0.411. The fraction of sp³-hybridized carbons (Fsp3) is 0.138. The molecule has 0 unspecified atom stereocenters. The number of benzene rings is 3. The van der Waals surface area contributed by atoms with Crippen molar-refractivity contribution in [2.45, 2.75) is 20.4 Å². The number of ether oxygens (including phenoxy) is 1. The minimum absolute atomic E-state index is 0.205. The zero-order valence-corrected chi connectivity index (χ0v) is 20.8. The molecule has 1 amide bonds. The van der Waals surface area contributed by atoms with E-state index in [1.165, 1.54) is 18.3 Å². The number of fused-ring (bicyclic) bond motifs is 1. The second kappa shape index (κ2) is 10.3. The Balaban J connectivity index is 1.47. The molecule has 0 aliphatic heterocycles. The summed E-state index contributed by atoms with van der Waals surface area (Å²) in [5.41, 5.74) is 4.15. The number of aromatic nitrogens is 2. The van der Waals surface area contributed by atoms with Crippen molar-refractivity contribution >= 4 is 34.0 Å². The van der Waals surface area contributed by atoms with Crippen LogP contribution in [0.15, 0.2) is 85.1 Å². The maximum absolute atomic E-state index is 14.1. The zero-order chi connectivity index (χ0) is 25.1. The van der Waals surface area contributed by atoms with Crippen molar-refractivity contribution in [2.75, 3.05) is 11.5 Å². The summed E-state index contributed by atoms with van der Waals surface area (Å²) in [4.78, 5) is 26.1. The molecule has 3 aromatic carbocycles. The third kappa shape index (κ3) is 4.97. The van der Waals surface area contributed by atoms with Crippen LogP contribution in [0.4, 0.5) is 10.1 Å². The molecule has 180 valence electrons. The molecule has 5 rings (SSSR count). The van der Waals surface area contributed by atoms with Gasteiger partial charge in [0.25, 0.3) is 5.91 Å². The average Bonchev–Trinajstić information content (AvgIpc) is 3.36. The second-order valence-corrected chi connectivity index (χ2v) is 9.46. The van der Waals surface area contributed by atoms with Gasteiger partial charge >= 0.3 is 0 Å². The number of rotatable bonds is 7. The molecule has 5 nitrogen and oxygen atoms in total. The number of thiophene rings is 1. The second-order valence-electron chi connectivity index (χ2n) is 8.29. The quantitative estimate of drug-likeness (QED) is 0.242. The molecule has 7 heteroatoms. The average molecular weight is 498 g/mol. The number of para-hydroxylation sites is 2. The lowest BCUT2D eigenvalue weighted by atomic mass is 10.1. The molecular formula is C29H24FN3O2S. The lowest BCUT2D eigenvalue weighted by molar-refractivity contribution is 0.0980. The van der Waals surface area contributed by atoms with E-state index in [9.17, 15) is 9.18 Å². The van der Waals surface area contributed by atoms with Gasteiger partial charge in [0.2, 0.25) is 0 Å². The summed E-state index contributed by atoms with van der Waals surface area (Å²) in [7, 11) is 0. The minimum Gasteiger partial charge on any atom is -0.494 e. The van der Waals surface area contributed by atoms with E-state index in [1.807, 2.05) is 62.4 Å². The molecule has 0 spiro atoms. The van der Waals surface area contributed by atoms with Gasteiger partial charge in [0.15, 0.2) is 0 Å². The Morgan fingerprint density at radius 2 is 1.83 bits per heavy atom. The van der Waals surface area contributed by atoms with Crippen LogP contribution >= 0.6 is 11.3 Å². The smallest absolute Gasteiger partial charge is 0.278 e. The first-order valence-electron chi connectivity index (χ1n) is 11.6. The van der Waals surface area contributed by atoms with Crippen LogP contribution in [0.5, 0.6) is 5.75 Å². The number of hydrogen-bond donors (Lipinski definition) is 0. The SMILES string of the molecule is CCOc1ccc(-c2ccc(CN(C(=O)c3cnc4ccccc4n3)c3cccc(F)c3)s2)cc1C. The van der Waals surface area contributed by atoms with E-state index in [2.05, 4.69) is 16.0 Å². The molecule has 0 aliphatic rings. The van der Waals surface area contributed by atoms with Crippen LogP contribution in [0.3, 0.4) is 0 Å². The molecule has 0 saturated carbocycles. The molecule has 0 bridgehead atoms. The van der Waals surface area contributed by atoms with E-state index in [1.54, 1.807) is 28.4 Å². The molecule has 0 fully saturated rings. The first-order chi connectivity index (χ1) is 17.5. The van der Waals surface area contributed by atoms with E-state index in [0.717, 1.165) is 26.6 Å². The third-order valence-electron chi connectivity index (χ3n) is 5.77. The largest absolute Gasteiger partial charge is 0.494 e. The Hall–Kier alpha value is -4.10. The van der Waals surface area contributed by atoms with E-state index >= 15 is 0 Å². The van der Waals surface area contributed by atoms with Crippen molar-refractivity contribution < 1.29 is 13.9 Å². The van der Waals surface area contributed by atoms with Gasteiger partial charge in [-0.1, -0.05) is 18.2 Å². The molecule has 0 saturated heterocycles. The molecule has 0 atom stereocenters. The predicted molar refractivity (Wildman–Crippen MR) is 142 cm³/mol. The maximum Gasteiger partial charge on any atom is 0.278 e. The van der Waals surface area contributed by atoms with Crippen molar-refractivity contribution in [1.82, 2.24) is 9.97 Å². The molecule has 2 aromatic heterocycles. The van der Waals surface area contributed by atoms with Crippen LogP contribution in [0.2, 0.25) is 0 Å². The number of aryl methyl sites for hydroxylation is 1. The molecule has 5 aromatic rings. The van der Waals surface area contributed by atoms with E-state index < -0.39 is 5.82 Å². The van der Waals surface area contributed by atoms with Crippen LogP contribution in [0.1, 0.15) is 27.9 Å². The van der Waals surface area contributed by atoms with Gasteiger partial charge in [0.1, 0.15) is 17.3 Å². The highest BCUT2D eigenvalue weighted by Gasteiger charge is 2.22. The first kappa shape index (κ1) is 23.6. The summed E-state index contributed by atoms with van der Waals surface area (Å²) in [6.45, 7) is 4.89. The summed E-state index contributed by atoms with van der Waals surface area (Å²) < 4.78 is 19.8. The van der Waals surface area contributed by atoms with Crippen LogP contribution in [0, 0.1) is 12.7 Å². The fourth-order valence-electron chi connectivity index (χ4n) is 4.02. The van der Waals surface area contributed by atoms with Crippen LogP contribution in [0.25, 0.3) is 21.5 Å². The monoisotopic (exact) mass is 497 g/mol. The number of carbonyl (C=O) groups is 1. The van der Waals surface area contributed by atoms with Gasteiger partial charge in [-0.05, 0) is 85.6 Å². The van der Waals surface area contributed by atoms with E-state index in [-0.39, 0.29) is 18.1 Å². The molecule has 2 heterocycles. The Morgan fingerprint density at radius 1 is 1.00 bits per heavy atom. The number of hydrogen-bond acceptors (Lipinski definition) is 5. The Kier molecular flexibility index (Phi) is 6.73. The van der Waals surface area contributed by atoms with E-state index in [4.69, 9.17) is 4.74 Å². The molecule has 0 N–H and O–H groups in total. The maximum atomic E-state index is 14.1. The zero-order valence-electron chi connectivity index (χ0n) is 19.9. The van der Waals surface area contributed by atoms with Gasteiger partial charge in [-0.3, -0.25) is 9.78 Å². The number of halogens is 1. The lowest BCUT2D eigenvalue weighted by Crippen LogP contribution is -2.31. The lowest BCUT2D eigenvalue weighted by Gasteiger charge is -2.22. The van der Waals surface area contributed by atoms with Crippen molar-refractivity contribution in [3.8, 4) is 16.2 Å². The first-order valence-corrected chi connectivity index (χ1v) is 12.4. The highest BCUT2D eigenvalue weighted by molar-refractivity contribution is 7.15. The number of nitrogens with zero attached hydrogens (tertiary/aromatic N) is 3. The molecular weight excluding hydrogens is 473 g/mol. The number of anilines is 1. The van der Waals surface area contributed by atoms with Crippen molar-refractivity contribution in [3.05, 3.63) is 107 Å². The summed E-state index contributed by atoms with van der Waals surface area (Å²) in [6, 6.07) is 23.6. The molecule has 36 heavy (non-hydrogen) atoms. The highest BCUT2D eigenvalue weighted by atomic mass is 32.1. The topological polar surface area (TPSA) is 55.3 Å². The van der Waals surface area contributed by atoms with E-state index in [0.29, 0.717) is 23.3 Å². The highest BCUT2D eigenvalue weighted by Crippen LogP contribution is 2.33. The van der Waals surface area contributed by atoms with Crippen molar-refractivity contribution in [3.63, 3.8) is 0 Å². The Labute approximate surface area is 212 Å². The third-order valence-corrected chi connectivity index (χ3v) is 6.89. The van der Waals surface area contributed by atoms with Gasteiger partial charge in [0.05, 0.1) is 30.4 Å². The van der Waals surface area contributed by atoms with Gasteiger partial charge in [0, 0.05) is 15.4 Å². The standard InChI is InChI=1S/C29H24FN3O2S/c1-3-35-27-13-11-20(15-19(27)2)28-14-12-23(36-28)18-33(22-8-6-7-21(30)16-22)29(34)26-17-31-24-9-4-5-10-25(24)32-26/h4-17H,3,18H2,1-2H3. The van der Waals surface area contributed by atoms with Crippen LogP contribution in [-0.2, 0) is 6.54 Å². The van der Waals surface area contributed by atoms with Gasteiger partial charge in [-0.15, -0.1) is 11.3 Å².